The van der Waals surface area contributed by atoms with Crippen LogP contribution in [0.1, 0.15) is 118 Å². The largest absolute Gasteiger partial charge is 1.00 e. The van der Waals surface area contributed by atoms with Gasteiger partial charge in [0.05, 0.1) is 6.10 Å². The third kappa shape index (κ3) is 14.1. The van der Waals surface area contributed by atoms with Gasteiger partial charge in [-0.1, -0.05) is 53.9 Å². The van der Waals surface area contributed by atoms with E-state index in [-0.39, 0.29) is 56.8 Å². The minimum Gasteiger partial charge on any atom is -0.381 e. The topological polar surface area (TPSA) is 26.3 Å². The third-order valence-corrected chi connectivity index (χ3v) is 9.12. The monoisotopic (exact) mass is 622 g/mol. The number of Topliss-reactive ketones (excluding diaryl/α,β-unsaturated/α-hetero) is 1. The summed E-state index contributed by atoms with van der Waals surface area (Å²) in [5.74, 6) is 2.81. The van der Waals surface area contributed by atoms with Gasteiger partial charge in [-0.05, 0) is 74.7 Å². The van der Waals surface area contributed by atoms with Gasteiger partial charge in [-0.2, -0.15) is 43.7 Å². The first-order valence-corrected chi connectivity index (χ1v) is 15.6. The van der Waals surface area contributed by atoms with Gasteiger partial charge in [0.15, 0.2) is 0 Å². The Morgan fingerprint density at radius 1 is 1.19 bits per heavy atom. The maximum atomic E-state index is 12.3. The van der Waals surface area contributed by atoms with Crippen LogP contribution < -0.4 is 51.4 Å². The van der Waals surface area contributed by atoms with Gasteiger partial charge in [-0.25, -0.2) is 10.8 Å². The first kappa shape index (κ1) is 42.2. The van der Waals surface area contributed by atoms with Crippen LogP contribution in [0.4, 0.5) is 17.6 Å². The molecule has 3 saturated carbocycles. The summed E-state index contributed by atoms with van der Waals surface area (Å²) < 4.78 is 53.0. The van der Waals surface area contributed by atoms with Gasteiger partial charge in [0, 0.05) is 18.3 Å². The minimum atomic E-state index is -4.62. The average molecular weight is 623 g/mol. The molecule has 0 bridgehead atoms. The molecule has 0 amide bonds. The molecule has 0 aromatic heterocycles. The fourth-order valence-electron chi connectivity index (χ4n) is 6.51. The molecule has 0 N–H and O–H groups in total. The molecule has 0 aliphatic heterocycles. The molecule has 2 nitrogen and oxygen atoms in total. The van der Waals surface area contributed by atoms with E-state index in [1.807, 2.05) is 20.1 Å². The van der Waals surface area contributed by atoms with Gasteiger partial charge in [-0.3, -0.25) is 4.79 Å². The number of hydrogen-bond donors (Lipinski definition) is 0. The second-order valence-electron chi connectivity index (χ2n) is 12.7. The Labute approximate surface area is 297 Å². The van der Waals surface area contributed by atoms with Gasteiger partial charge in [-0.15, -0.1) is 6.07 Å². The summed E-state index contributed by atoms with van der Waals surface area (Å²) >= 11 is 0. The van der Waals surface area contributed by atoms with Crippen LogP contribution in [0.5, 0.6) is 0 Å². The fourth-order valence-corrected chi connectivity index (χ4v) is 6.51. The molecule has 6 unspecified atom stereocenters. The predicted molar refractivity (Wildman–Crippen MR) is 160 cm³/mol. The molecule has 0 saturated heterocycles. The van der Waals surface area contributed by atoms with E-state index in [0.717, 1.165) is 42.2 Å². The van der Waals surface area contributed by atoms with E-state index in [4.69, 9.17) is 4.74 Å². The Morgan fingerprint density at radius 2 is 1.83 bits per heavy atom. The standard InChI is InChI=1S/C13H22O.C8H16O.C7H3F4.C7H14.K/c1-9(2)11-7-12-5-4-6-13(12,8-11)10(3)14;1-7-5-3-4-6-8(7)9-2;8-6-4-2-1-3-5(6)7(9,10)11;1-4-5-6-7(2)3;/h9,11-12H,4-8H2,1-3H3;7-8H,3-6H2,1-2H3;1-3H;5,7H,2,4,6H2,1,3H3;/q;;-1;-2;+1. The molecule has 1 aromatic rings. The molecular formula is C35H55F4KO2-2. The van der Waals surface area contributed by atoms with Crippen LogP contribution in [-0.4, -0.2) is 19.0 Å². The van der Waals surface area contributed by atoms with Crippen LogP contribution in [0.2, 0.25) is 0 Å². The summed E-state index contributed by atoms with van der Waals surface area (Å²) in [5.41, 5.74) is -1.16. The van der Waals surface area contributed by atoms with Gasteiger partial charge in [0.25, 0.3) is 0 Å². The predicted octanol–water partition coefficient (Wildman–Crippen LogP) is 7.75. The Bertz CT molecular complexity index is 873. The number of ketones is 1. The number of carbonyl (C=O) groups excluding carboxylic acids is 1. The van der Waals surface area contributed by atoms with Crippen LogP contribution in [0.25, 0.3) is 0 Å². The van der Waals surface area contributed by atoms with E-state index in [0.29, 0.717) is 23.9 Å². The van der Waals surface area contributed by atoms with Crippen LogP contribution >= 0.6 is 0 Å². The number of rotatable bonds is 6. The number of fused-ring (bicyclic) bond motifs is 1. The molecule has 4 rings (SSSR count). The van der Waals surface area contributed by atoms with E-state index >= 15 is 0 Å². The van der Waals surface area contributed by atoms with Gasteiger partial charge in [0.2, 0.25) is 0 Å². The Kier molecular flexibility index (Phi) is 21.2. The first-order chi connectivity index (χ1) is 19.2. The zero-order valence-corrected chi connectivity index (χ0v) is 30.7. The van der Waals surface area contributed by atoms with E-state index in [1.54, 1.807) is 0 Å². The fraction of sp³-hybridized carbons (Fsp3) is 0.743. The van der Waals surface area contributed by atoms with Gasteiger partial charge in [0.1, 0.15) is 5.78 Å². The normalized spacial score (nSPS) is 27.2. The SMILES string of the molecule is CC(=O)C12CCCC1CC(C(C)C)C2.COC1CCCCC1C.Fc1[c-]cccc1C(F)(F)F.[CH2-]C(C)C[CH-]CC.[K+]. The molecule has 0 radical (unpaired) electrons. The molecule has 3 aliphatic carbocycles. The third-order valence-electron chi connectivity index (χ3n) is 9.12. The zero-order chi connectivity index (χ0) is 31.2. The first-order valence-electron chi connectivity index (χ1n) is 15.6. The van der Waals surface area contributed by atoms with Crippen molar-refractivity contribution in [3.63, 3.8) is 0 Å². The number of carbonyl (C=O) groups is 1. The second-order valence-corrected chi connectivity index (χ2v) is 12.7. The van der Waals surface area contributed by atoms with Crippen molar-refractivity contribution < 1.29 is 78.5 Å². The van der Waals surface area contributed by atoms with Gasteiger partial charge >= 0.3 is 57.6 Å². The Hall–Kier alpha value is 0.206. The van der Waals surface area contributed by atoms with E-state index < -0.39 is 17.6 Å². The quantitative estimate of drug-likeness (QED) is 0.184. The molecule has 3 fully saturated rings. The molecule has 0 heterocycles. The summed E-state index contributed by atoms with van der Waals surface area (Å²) in [6.07, 6.45) is 12.2. The molecule has 238 valence electrons. The number of unbranched alkanes of at least 4 members (excludes halogenated alkanes) is 1. The number of ether oxygens (including phenoxy) is 1. The number of benzene rings is 1. The molecule has 1 aromatic carbocycles. The Balaban J connectivity index is 0.000000547. The van der Waals surface area contributed by atoms with Crippen molar-refractivity contribution in [3.05, 3.63) is 49.0 Å². The second kappa shape index (κ2) is 21.1. The van der Waals surface area contributed by atoms with E-state index in [9.17, 15) is 22.4 Å². The molecule has 42 heavy (non-hydrogen) atoms. The number of methoxy groups -OCH3 is 1. The van der Waals surface area contributed by atoms with Crippen LogP contribution in [0, 0.1) is 60.2 Å². The maximum Gasteiger partial charge on any atom is 1.00 e. The zero-order valence-electron chi connectivity index (χ0n) is 27.6. The maximum absolute atomic E-state index is 12.3. The number of halogens is 4. The van der Waals surface area contributed by atoms with Crippen molar-refractivity contribution in [3.8, 4) is 0 Å². The smallest absolute Gasteiger partial charge is 0.381 e. The molecular weight excluding hydrogens is 567 g/mol. The van der Waals surface area contributed by atoms with Crippen LogP contribution in [-0.2, 0) is 15.7 Å². The summed E-state index contributed by atoms with van der Waals surface area (Å²) in [5, 5.41) is 0. The van der Waals surface area contributed by atoms with Crippen molar-refractivity contribution in [2.24, 2.45) is 35.0 Å². The van der Waals surface area contributed by atoms with Crippen molar-refractivity contribution in [1.29, 1.82) is 0 Å². The van der Waals surface area contributed by atoms with Crippen LogP contribution in [0.15, 0.2) is 18.2 Å². The molecule has 6 atom stereocenters. The van der Waals surface area contributed by atoms with Crippen molar-refractivity contribution in [1.82, 2.24) is 0 Å². The van der Waals surface area contributed by atoms with Crippen molar-refractivity contribution >= 4 is 5.78 Å². The summed E-state index contributed by atoms with van der Waals surface area (Å²) in [6, 6.07) is 4.67. The number of alkyl halides is 3. The molecule has 3 aliphatic rings. The summed E-state index contributed by atoms with van der Waals surface area (Å²) in [6.45, 7) is 16.8. The molecule has 0 spiro atoms. The molecule has 7 heteroatoms. The van der Waals surface area contributed by atoms with Gasteiger partial charge < -0.3 is 18.1 Å². The summed E-state index contributed by atoms with van der Waals surface area (Å²) in [7, 11) is 1.83. The number of hydrogen-bond acceptors (Lipinski definition) is 2. The average Bonchev–Trinajstić information content (AvgIpc) is 3.48. The van der Waals surface area contributed by atoms with Crippen LogP contribution in [0.3, 0.4) is 0 Å². The van der Waals surface area contributed by atoms with E-state index in [1.165, 1.54) is 64.2 Å². The van der Waals surface area contributed by atoms with Crippen molar-refractivity contribution in [2.45, 2.75) is 124 Å². The minimum absolute atomic E-state index is 0. The Morgan fingerprint density at radius 3 is 2.21 bits per heavy atom. The van der Waals surface area contributed by atoms with E-state index in [2.05, 4.69) is 48.0 Å². The van der Waals surface area contributed by atoms with Crippen molar-refractivity contribution in [2.75, 3.05) is 7.11 Å². The summed E-state index contributed by atoms with van der Waals surface area (Å²) in [4.78, 5) is 11.8.